The maximum absolute atomic E-state index is 12.5. The lowest BCUT2D eigenvalue weighted by molar-refractivity contribution is -0.240. The Kier molecular flexibility index (Phi) is 8.38. The molecule has 1 spiro atoms. The van der Waals surface area contributed by atoms with Crippen molar-refractivity contribution < 1.29 is 24.1 Å². The summed E-state index contributed by atoms with van der Waals surface area (Å²) in [5, 5.41) is 12.5. The molecule has 40 heavy (non-hydrogen) atoms. The first-order chi connectivity index (χ1) is 19.5. The minimum Gasteiger partial charge on any atom is -0.485 e. The third-order valence-corrected chi connectivity index (χ3v) is 11.1. The van der Waals surface area contributed by atoms with E-state index in [4.69, 9.17) is 14.2 Å². The molecule has 0 aromatic heterocycles. The van der Waals surface area contributed by atoms with Gasteiger partial charge in [-0.3, -0.25) is 9.69 Å². The number of carbonyl (C=O) groups is 1. The van der Waals surface area contributed by atoms with Gasteiger partial charge in [0.2, 0.25) is 6.79 Å². The minimum absolute atomic E-state index is 0.0940. The van der Waals surface area contributed by atoms with Crippen LogP contribution < -0.4 is 0 Å². The number of esters is 1. The maximum atomic E-state index is 12.5. The quantitative estimate of drug-likeness (QED) is 0.104. The lowest BCUT2D eigenvalue weighted by Crippen LogP contribution is -2.75. The predicted octanol–water partition coefficient (Wildman–Crippen LogP) is 6.79. The van der Waals surface area contributed by atoms with Crippen molar-refractivity contribution in [1.29, 1.82) is 0 Å². The highest BCUT2D eigenvalue weighted by Crippen LogP contribution is 2.70. The summed E-state index contributed by atoms with van der Waals surface area (Å²) in [7, 11) is 0. The number of allylic oxidation sites excluding steroid dienone is 3. The molecule has 0 aromatic carbocycles. The monoisotopic (exact) mass is 553 g/mol. The summed E-state index contributed by atoms with van der Waals surface area (Å²) in [4.78, 5) is 15.0. The van der Waals surface area contributed by atoms with Crippen molar-refractivity contribution in [3.63, 3.8) is 0 Å². The lowest BCUT2D eigenvalue weighted by atomic mass is 9.44. The largest absolute Gasteiger partial charge is 0.485 e. The van der Waals surface area contributed by atoms with Crippen LogP contribution in [0.3, 0.4) is 0 Å². The van der Waals surface area contributed by atoms with Gasteiger partial charge in [0.1, 0.15) is 11.9 Å². The number of likely N-dealkylation sites (tertiary alicyclic amines) is 1. The fourth-order valence-corrected chi connectivity index (χ4v) is 8.92. The zero-order chi connectivity index (χ0) is 27.7. The van der Waals surface area contributed by atoms with Crippen LogP contribution in [0.15, 0.2) is 35.8 Å². The van der Waals surface area contributed by atoms with Crippen LogP contribution in [0.4, 0.5) is 0 Å². The minimum atomic E-state index is -0.771. The standard InChI is InChI=1S/C34H51NO5/c1-3-4-5-6-7-8-9-10-11-12-29(36)39-23-38-27-16-15-26-21-28-34(37)18-17-24(2)32-33(34,30(26)31(27)40-32)19-20-35(28)22-25-13-14-25/h15-16,25-26,28,30,32,37H,2-14,17-23H2,1H3/t26?,28?,30?,32-,33-,34+/m0/s1. The molecule has 2 heterocycles. The molecule has 0 aromatic rings. The van der Waals surface area contributed by atoms with Gasteiger partial charge in [-0.1, -0.05) is 70.9 Å². The second kappa shape index (κ2) is 11.8. The summed E-state index contributed by atoms with van der Waals surface area (Å²) >= 11 is 0. The van der Waals surface area contributed by atoms with E-state index >= 15 is 0 Å². The number of rotatable bonds is 15. The van der Waals surface area contributed by atoms with Crippen LogP contribution in [-0.2, 0) is 19.0 Å². The SMILES string of the molecule is C=C1CC[C@@]2(O)C3CC4C=CC(OCOC(=O)CCCCCCCCCCC)=C5O[C@@H]1[C@]2(CCN3CC1CC1)C54. The van der Waals surface area contributed by atoms with E-state index in [0.717, 1.165) is 68.9 Å². The van der Waals surface area contributed by atoms with E-state index in [2.05, 4.69) is 24.5 Å². The summed E-state index contributed by atoms with van der Waals surface area (Å²) in [6.07, 6.45) is 21.7. The van der Waals surface area contributed by atoms with Gasteiger partial charge in [-0.05, 0) is 75.0 Å². The Morgan fingerprint density at radius 3 is 2.62 bits per heavy atom. The molecular formula is C34H51NO5. The lowest BCUT2D eigenvalue weighted by Gasteiger charge is -2.66. The van der Waals surface area contributed by atoms with E-state index in [1.54, 1.807) is 0 Å². The van der Waals surface area contributed by atoms with Gasteiger partial charge < -0.3 is 19.3 Å². The van der Waals surface area contributed by atoms with Crippen LogP contribution in [0, 0.1) is 23.2 Å². The first-order valence-corrected chi connectivity index (χ1v) is 16.5. The molecule has 2 aliphatic heterocycles. The van der Waals surface area contributed by atoms with Crippen LogP contribution in [0.1, 0.15) is 110 Å². The van der Waals surface area contributed by atoms with Gasteiger partial charge in [0.15, 0.2) is 5.76 Å². The Bertz CT molecular complexity index is 1020. The van der Waals surface area contributed by atoms with Gasteiger partial charge in [-0.15, -0.1) is 0 Å². The van der Waals surface area contributed by atoms with Gasteiger partial charge in [0, 0.05) is 24.9 Å². The first-order valence-electron chi connectivity index (χ1n) is 16.5. The van der Waals surface area contributed by atoms with Crippen molar-refractivity contribution in [2.75, 3.05) is 19.9 Å². The van der Waals surface area contributed by atoms with E-state index in [-0.39, 0.29) is 36.2 Å². The van der Waals surface area contributed by atoms with Gasteiger partial charge >= 0.3 is 5.97 Å². The molecule has 222 valence electrons. The molecule has 2 bridgehead atoms. The predicted molar refractivity (Wildman–Crippen MR) is 155 cm³/mol. The third kappa shape index (κ3) is 5.06. The second-order valence-electron chi connectivity index (χ2n) is 13.6. The van der Waals surface area contributed by atoms with Gasteiger partial charge in [-0.2, -0.15) is 0 Å². The van der Waals surface area contributed by atoms with Crippen LogP contribution in [0.2, 0.25) is 0 Å². The Morgan fingerprint density at radius 2 is 1.88 bits per heavy atom. The average molecular weight is 554 g/mol. The molecule has 6 atom stereocenters. The van der Waals surface area contributed by atoms with Gasteiger partial charge in [-0.25, -0.2) is 0 Å². The zero-order valence-electron chi connectivity index (χ0n) is 24.7. The molecule has 2 saturated heterocycles. The maximum Gasteiger partial charge on any atom is 0.308 e. The number of carbonyl (C=O) groups excluding carboxylic acids is 1. The molecular weight excluding hydrogens is 502 g/mol. The third-order valence-electron chi connectivity index (χ3n) is 11.1. The highest BCUT2D eigenvalue weighted by Gasteiger charge is 2.76. The number of piperidine rings is 1. The van der Waals surface area contributed by atoms with E-state index in [0.29, 0.717) is 18.1 Å². The van der Waals surface area contributed by atoms with E-state index in [1.807, 2.05) is 6.08 Å². The van der Waals surface area contributed by atoms with Crippen LogP contribution in [0.25, 0.3) is 0 Å². The molecule has 0 amide bonds. The molecule has 6 heteroatoms. The van der Waals surface area contributed by atoms with Crippen molar-refractivity contribution in [1.82, 2.24) is 4.90 Å². The van der Waals surface area contributed by atoms with E-state index < -0.39 is 5.60 Å². The molecule has 6 aliphatic rings. The Balaban J connectivity index is 1.04. The molecule has 6 nitrogen and oxygen atoms in total. The zero-order valence-corrected chi connectivity index (χ0v) is 24.7. The molecule has 3 unspecified atom stereocenters. The molecule has 4 aliphatic carbocycles. The summed E-state index contributed by atoms with van der Waals surface area (Å²) < 4.78 is 18.2. The number of hydrogen-bond acceptors (Lipinski definition) is 6. The summed E-state index contributed by atoms with van der Waals surface area (Å²) in [5.74, 6) is 2.54. The Labute approximate surface area is 241 Å². The van der Waals surface area contributed by atoms with Crippen molar-refractivity contribution in [2.24, 2.45) is 23.2 Å². The summed E-state index contributed by atoms with van der Waals surface area (Å²) in [5.41, 5.74) is -0.0156. The number of ether oxygens (including phenoxy) is 3. The summed E-state index contributed by atoms with van der Waals surface area (Å²) in [6.45, 7) is 8.71. The Morgan fingerprint density at radius 1 is 1.12 bits per heavy atom. The van der Waals surface area contributed by atoms with E-state index in [9.17, 15) is 9.90 Å². The number of hydrogen-bond donors (Lipinski definition) is 1. The van der Waals surface area contributed by atoms with Crippen molar-refractivity contribution in [3.8, 4) is 0 Å². The van der Waals surface area contributed by atoms with E-state index in [1.165, 1.54) is 57.8 Å². The van der Waals surface area contributed by atoms with Crippen LogP contribution in [0.5, 0.6) is 0 Å². The van der Waals surface area contributed by atoms with Gasteiger partial charge in [0.05, 0.1) is 11.0 Å². The normalized spacial score (nSPS) is 35.9. The molecule has 5 fully saturated rings. The molecule has 3 saturated carbocycles. The molecule has 1 N–H and O–H groups in total. The number of unbranched alkanes of at least 4 members (excludes halogenated alkanes) is 8. The van der Waals surface area contributed by atoms with Crippen molar-refractivity contribution in [2.45, 2.75) is 127 Å². The first kappa shape index (κ1) is 28.3. The molecule has 6 rings (SSSR count). The van der Waals surface area contributed by atoms with Crippen molar-refractivity contribution in [3.05, 3.63) is 35.8 Å². The highest BCUT2D eigenvalue weighted by atomic mass is 16.7. The fourth-order valence-electron chi connectivity index (χ4n) is 8.92. The van der Waals surface area contributed by atoms with Crippen LogP contribution >= 0.6 is 0 Å². The average Bonchev–Trinajstić information content (AvgIpc) is 3.69. The second-order valence-corrected chi connectivity index (χ2v) is 13.6. The topological polar surface area (TPSA) is 68.2 Å². The Hall–Kier alpha value is -1.79. The number of aliphatic hydroxyl groups is 1. The van der Waals surface area contributed by atoms with Crippen molar-refractivity contribution >= 4 is 5.97 Å². The fraction of sp³-hybridized carbons (Fsp3) is 0.794. The van der Waals surface area contributed by atoms with Crippen LogP contribution in [-0.4, -0.2) is 53.6 Å². The summed E-state index contributed by atoms with van der Waals surface area (Å²) in [6, 6.07) is 0.177. The number of nitrogens with zero attached hydrogens (tertiary/aromatic N) is 1. The highest BCUT2D eigenvalue weighted by molar-refractivity contribution is 5.69. The smallest absolute Gasteiger partial charge is 0.308 e. The van der Waals surface area contributed by atoms with Gasteiger partial charge in [0.25, 0.3) is 0 Å². The molecule has 0 radical (unpaired) electrons.